The molecule has 1 unspecified atom stereocenters. The Hall–Kier alpha value is -0.930. The molecule has 0 saturated heterocycles. The molecule has 0 heterocycles. The minimum Gasteiger partial charge on any atom is -0.481 e. The maximum absolute atomic E-state index is 10.2. The molecule has 1 aromatic rings. The summed E-state index contributed by atoms with van der Waals surface area (Å²) in [5.74, 6) is -3.50. The molecule has 1 atom stereocenters. The average molecular weight is 523 g/mol. The van der Waals surface area contributed by atoms with Gasteiger partial charge in [0, 0.05) is 0 Å². The molecule has 0 aliphatic rings. The van der Waals surface area contributed by atoms with Crippen molar-refractivity contribution in [1.82, 2.24) is 0 Å². The van der Waals surface area contributed by atoms with Gasteiger partial charge in [0.15, 0.2) is 5.25 Å². The van der Waals surface area contributed by atoms with E-state index in [0.717, 1.165) is 0 Å². The van der Waals surface area contributed by atoms with Gasteiger partial charge in [-0.25, -0.2) is 0 Å². The van der Waals surface area contributed by atoms with E-state index in [1.807, 2.05) is 6.07 Å². The molecule has 3 N–H and O–H groups in total. The van der Waals surface area contributed by atoms with E-state index in [2.05, 4.69) is 31.2 Å². The van der Waals surface area contributed by atoms with Gasteiger partial charge in [-0.1, -0.05) is 103 Å². The number of aryl methyl sites for hydroxylation is 1. The fraction of sp³-hybridized carbons (Fsp3) is 0.692. The molecule has 0 aliphatic carbocycles. The molecule has 0 saturated carbocycles. The summed E-state index contributed by atoms with van der Waals surface area (Å²) < 4.78 is 28.7. The number of aliphatic carboxylic acids is 2. The molecule has 7 nitrogen and oxygen atoms in total. The van der Waals surface area contributed by atoms with Gasteiger partial charge >= 0.3 is 41.5 Å². The van der Waals surface area contributed by atoms with Gasteiger partial charge in [0.05, 0.1) is 6.42 Å². The van der Waals surface area contributed by atoms with Crippen LogP contribution >= 0.6 is 0 Å². The van der Waals surface area contributed by atoms with E-state index in [0.29, 0.717) is 0 Å². The molecular weight excluding hydrogens is 479 g/mol. The Kier molecular flexibility index (Phi) is 24.3. The summed E-state index contributed by atoms with van der Waals surface area (Å²) in [7, 11) is -4.84. The van der Waals surface area contributed by atoms with E-state index in [4.69, 9.17) is 14.8 Å². The molecule has 1 rings (SSSR count). The third kappa shape index (κ3) is 23.2. The van der Waals surface area contributed by atoms with Crippen LogP contribution in [0.5, 0.6) is 0 Å². The minimum absolute atomic E-state index is 0. The van der Waals surface area contributed by atoms with Crippen LogP contribution in [0.25, 0.3) is 0 Å². The fourth-order valence-corrected chi connectivity index (χ4v) is 4.18. The SMILES string of the molecule is CCCCCCCCCCCCCCCCc1[c-]cccc1.O=C(O)CC(C(=O)O)S(=O)(=O)O.[Na+]. The van der Waals surface area contributed by atoms with E-state index < -0.39 is 33.7 Å². The third-order valence-corrected chi connectivity index (χ3v) is 6.66. The molecule has 0 fully saturated rings. The van der Waals surface area contributed by atoms with Crippen molar-refractivity contribution in [2.45, 2.75) is 115 Å². The minimum atomic E-state index is -4.84. The molecule has 196 valence electrons. The van der Waals surface area contributed by atoms with Crippen LogP contribution in [-0.4, -0.2) is 40.4 Å². The van der Waals surface area contributed by atoms with Crippen molar-refractivity contribution in [3.05, 3.63) is 35.9 Å². The second kappa shape index (κ2) is 23.5. The first-order valence-electron chi connectivity index (χ1n) is 12.5. The quantitative estimate of drug-likeness (QED) is 0.110. The molecule has 0 aliphatic heterocycles. The van der Waals surface area contributed by atoms with Crippen molar-refractivity contribution in [2.75, 3.05) is 0 Å². The Morgan fingerprint density at radius 3 is 1.60 bits per heavy atom. The molecule has 35 heavy (non-hydrogen) atoms. The summed E-state index contributed by atoms with van der Waals surface area (Å²) >= 11 is 0. The maximum Gasteiger partial charge on any atom is 1.00 e. The zero-order chi connectivity index (χ0) is 25.7. The van der Waals surface area contributed by atoms with E-state index >= 15 is 0 Å². The molecule has 0 aromatic heterocycles. The zero-order valence-corrected chi connectivity index (χ0v) is 24.4. The monoisotopic (exact) mass is 522 g/mol. The van der Waals surface area contributed by atoms with Crippen LogP contribution in [0.4, 0.5) is 0 Å². The fourth-order valence-electron chi connectivity index (χ4n) is 3.57. The molecule has 0 spiro atoms. The predicted octanol–water partition coefficient (Wildman–Crippen LogP) is 3.32. The van der Waals surface area contributed by atoms with Gasteiger partial charge in [-0.2, -0.15) is 44.3 Å². The van der Waals surface area contributed by atoms with Crippen LogP contribution in [0.2, 0.25) is 0 Å². The Morgan fingerprint density at radius 1 is 0.829 bits per heavy atom. The van der Waals surface area contributed by atoms with Crippen molar-refractivity contribution in [3.8, 4) is 0 Å². The molecule has 0 amide bonds. The van der Waals surface area contributed by atoms with Crippen LogP contribution in [0.1, 0.15) is 109 Å². The second-order valence-corrected chi connectivity index (χ2v) is 10.3. The summed E-state index contributed by atoms with van der Waals surface area (Å²) in [6.07, 6.45) is 20.1. The Balaban J connectivity index is 0. The first kappa shape index (κ1) is 36.2. The van der Waals surface area contributed by atoms with Crippen molar-refractivity contribution in [2.24, 2.45) is 0 Å². The van der Waals surface area contributed by atoms with Gasteiger partial charge in [0.25, 0.3) is 10.1 Å². The molecule has 0 bridgehead atoms. The van der Waals surface area contributed by atoms with Gasteiger partial charge < -0.3 is 10.2 Å². The summed E-state index contributed by atoms with van der Waals surface area (Å²) in [6, 6.07) is 11.7. The van der Waals surface area contributed by atoms with Crippen molar-refractivity contribution in [3.63, 3.8) is 0 Å². The Morgan fingerprint density at radius 2 is 1.29 bits per heavy atom. The van der Waals surface area contributed by atoms with Gasteiger partial charge in [-0.3, -0.25) is 14.1 Å². The molecule has 1 aromatic carbocycles. The third-order valence-electron chi connectivity index (χ3n) is 5.57. The largest absolute Gasteiger partial charge is 1.00 e. The molecule has 9 heteroatoms. The van der Waals surface area contributed by atoms with Gasteiger partial charge in [-0.15, -0.1) is 0 Å². The van der Waals surface area contributed by atoms with Gasteiger partial charge in [0.2, 0.25) is 0 Å². The number of carboxylic acid groups (broad SMARTS) is 2. The molecule has 0 radical (unpaired) electrons. The molecular formula is C26H43NaO7S. The standard InChI is InChI=1S/C22H37.C4H6O7S.Na/c1-2-3-4-5-6-7-8-9-10-11-12-13-14-16-19-22-20-17-15-18-21-22;5-3(6)1-2(4(7)8)12(9,10)11;/h15,17-18,20H,2-14,16,19H2,1H3;2H,1H2,(H,5,6)(H,7,8)(H,9,10,11);/q-1;;+1. The van der Waals surface area contributed by atoms with Crippen LogP contribution in [0.3, 0.4) is 0 Å². The van der Waals surface area contributed by atoms with Crippen molar-refractivity contribution in [1.29, 1.82) is 0 Å². The first-order valence-corrected chi connectivity index (χ1v) is 14.0. The first-order chi connectivity index (χ1) is 16.2. The maximum atomic E-state index is 10.2. The Bertz CT molecular complexity index is 754. The van der Waals surface area contributed by atoms with Crippen molar-refractivity contribution >= 4 is 22.1 Å². The number of hydrogen-bond donors (Lipinski definition) is 3. The van der Waals surface area contributed by atoms with E-state index in [1.54, 1.807) is 0 Å². The summed E-state index contributed by atoms with van der Waals surface area (Å²) in [6.45, 7) is 2.29. The topological polar surface area (TPSA) is 129 Å². The number of benzene rings is 1. The van der Waals surface area contributed by atoms with Crippen LogP contribution < -0.4 is 29.6 Å². The number of hydrogen-bond acceptors (Lipinski definition) is 4. The summed E-state index contributed by atoms with van der Waals surface area (Å²) in [5, 5.41) is 13.9. The van der Waals surface area contributed by atoms with Gasteiger partial charge in [0.1, 0.15) is 0 Å². The van der Waals surface area contributed by atoms with Crippen LogP contribution in [0.15, 0.2) is 24.3 Å². The van der Waals surface area contributed by atoms with Crippen LogP contribution in [-0.2, 0) is 26.1 Å². The predicted molar refractivity (Wildman–Crippen MR) is 135 cm³/mol. The zero-order valence-electron chi connectivity index (χ0n) is 21.6. The number of unbranched alkanes of at least 4 members (excludes halogenated alkanes) is 13. The van der Waals surface area contributed by atoms with Gasteiger partial charge in [-0.05, 0) is 0 Å². The Labute approximate surface area is 234 Å². The number of carbonyl (C=O) groups is 2. The number of carboxylic acids is 2. The summed E-state index contributed by atoms with van der Waals surface area (Å²) in [4.78, 5) is 20.0. The summed E-state index contributed by atoms with van der Waals surface area (Å²) in [5.41, 5.74) is 1.38. The smallest absolute Gasteiger partial charge is 0.481 e. The average Bonchev–Trinajstić information content (AvgIpc) is 2.78. The van der Waals surface area contributed by atoms with Crippen LogP contribution in [0, 0.1) is 6.07 Å². The number of rotatable bonds is 19. The van der Waals surface area contributed by atoms with Crippen molar-refractivity contribution < 1.29 is 62.3 Å². The second-order valence-electron chi connectivity index (χ2n) is 8.67. The van der Waals surface area contributed by atoms with E-state index in [9.17, 15) is 18.0 Å². The van der Waals surface area contributed by atoms with E-state index in [1.165, 1.54) is 102 Å². The van der Waals surface area contributed by atoms with E-state index in [-0.39, 0.29) is 29.6 Å². The normalized spacial score (nSPS) is 11.6.